The second kappa shape index (κ2) is 5.69. The predicted octanol–water partition coefficient (Wildman–Crippen LogP) is 2.23. The molecule has 0 aliphatic heterocycles. The summed E-state index contributed by atoms with van der Waals surface area (Å²) in [6.45, 7) is 5.20. The molecule has 1 aromatic carbocycles. The molecule has 0 spiro atoms. The molecule has 2 aliphatic carbocycles. The number of aryl methyl sites for hydroxylation is 2. The second-order valence-corrected chi connectivity index (χ2v) is 9.21. The highest BCUT2D eigenvalue weighted by atomic mass is 32.2. The first kappa shape index (κ1) is 17.1. The summed E-state index contributed by atoms with van der Waals surface area (Å²) in [5.41, 5.74) is 1.72. The fraction of sp³-hybridized carbons (Fsp3) is 0.556. The van der Waals surface area contributed by atoms with Crippen LogP contribution in [0.1, 0.15) is 44.7 Å². The predicted molar refractivity (Wildman–Crippen MR) is 89.9 cm³/mol. The molecule has 130 valence electrons. The van der Waals surface area contributed by atoms with Crippen LogP contribution < -0.4 is 4.72 Å². The van der Waals surface area contributed by atoms with E-state index >= 15 is 0 Å². The average molecular weight is 349 g/mol. The zero-order valence-electron chi connectivity index (χ0n) is 14.3. The Kier molecular flexibility index (Phi) is 4.06. The Hall–Kier alpha value is -1.69. The van der Waals surface area contributed by atoms with Gasteiger partial charge in [0.15, 0.2) is 0 Å². The molecule has 0 bridgehead atoms. The van der Waals surface area contributed by atoms with Crippen molar-refractivity contribution in [2.75, 3.05) is 0 Å². The quantitative estimate of drug-likeness (QED) is 0.904. The standard InChI is InChI=1S/C18H23NO4S/c1-11(20)15-10-16(18(15,2)3)17(21)19-24(22,23)14-8-7-12-5-4-6-13(12)9-14/h7-9,15-16H,4-6,10H2,1-3H3,(H,19,21)/t15-,16+/m0/s1. The number of carbonyl (C=O) groups excluding carboxylic acids is 2. The van der Waals surface area contributed by atoms with Gasteiger partial charge in [-0.1, -0.05) is 19.9 Å². The van der Waals surface area contributed by atoms with Crippen LogP contribution in [0.25, 0.3) is 0 Å². The molecule has 2 atom stereocenters. The van der Waals surface area contributed by atoms with Crippen LogP contribution in [-0.2, 0) is 32.5 Å². The first-order valence-electron chi connectivity index (χ1n) is 8.32. The van der Waals surface area contributed by atoms with Crippen molar-refractivity contribution in [3.63, 3.8) is 0 Å². The summed E-state index contributed by atoms with van der Waals surface area (Å²) in [7, 11) is -3.87. The third-order valence-electron chi connectivity index (χ3n) is 5.69. The topological polar surface area (TPSA) is 80.3 Å². The van der Waals surface area contributed by atoms with Gasteiger partial charge in [0.2, 0.25) is 5.91 Å². The molecule has 0 unspecified atom stereocenters. The molecule has 1 N–H and O–H groups in total. The smallest absolute Gasteiger partial charge is 0.264 e. The maximum Gasteiger partial charge on any atom is 0.264 e. The Morgan fingerprint density at radius 1 is 1.12 bits per heavy atom. The van der Waals surface area contributed by atoms with E-state index in [1.165, 1.54) is 12.5 Å². The van der Waals surface area contributed by atoms with E-state index in [9.17, 15) is 18.0 Å². The van der Waals surface area contributed by atoms with Crippen LogP contribution in [0.15, 0.2) is 23.1 Å². The van der Waals surface area contributed by atoms with Gasteiger partial charge < -0.3 is 0 Å². The maximum absolute atomic E-state index is 12.5. The molecule has 0 radical (unpaired) electrons. The maximum atomic E-state index is 12.5. The van der Waals surface area contributed by atoms with Crippen LogP contribution in [0.5, 0.6) is 0 Å². The fourth-order valence-electron chi connectivity index (χ4n) is 4.04. The van der Waals surface area contributed by atoms with Crippen LogP contribution >= 0.6 is 0 Å². The zero-order chi connectivity index (χ0) is 17.7. The Labute approximate surface area is 142 Å². The molecule has 6 heteroatoms. The summed E-state index contributed by atoms with van der Waals surface area (Å²) in [5.74, 6) is -1.12. The Morgan fingerprint density at radius 3 is 2.42 bits per heavy atom. The van der Waals surface area contributed by atoms with Gasteiger partial charge in [0.05, 0.1) is 4.90 Å². The van der Waals surface area contributed by atoms with Crippen LogP contribution in [0.3, 0.4) is 0 Å². The van der Waals surface area contributed by atoms with Crippen LogP contribution in [0, 0.1) is 17.3 Å². The first-order valence-corrected chi connectivity index (χ1v) is 9.80. The zero-order valence-corrected chi connectivity index (χ0v) is 15.1. The minimum atomic E-state index is -3.87. The molecule has 24 heavy (non-hydrogen) atoms. The lowest BCUT2D eigenvalue weighted by Gasteiger charge is -2.49. The summed E-state index contributed by atoms with van der Waals surface area (Å²) in [4.78, 5) is 24.1. The van der Waals surface area contributed by atoms with Gasteiger partial charge in [-0.05, 0) is 61.3 Å². The van der Waals surface area contributed by atoms with Gasteiger partial charge in [0.25, 0.3) is 10.0 Å². The minimum Gasteiger partial charge on any atom is -0.300 e. The number of nitrogens with one attached hydrogen (secondary N) is 1. The largest absolute Gasteiger partial charge is 0.300 e. The third-order valence-corrected chi connectivity index (χ3v) is 7.03. The van der Waals surface area contributed by atoms with Crippen molar-refractivity contribution in [3.05, 3.63) is 29.3 Å². The van der Waals surface area contributed by atoms with E-state index in [0.29, 0.717) is 6.42 Å². The van der Waals surface area contributed by atoms with Crippen molar-refractivity contribution in [2.45, 2.75) is 51.3 Å². The van der Waals surface area contributed by atoms with Crippen molar-refractivity contribution in [1.82, 2.24) is 4.72 Å². The first-order chi connectivity index (χ1) is 11.1. The van der Waals surface area contributed by atoms with Crippen molar-refractivity contribution >= 4 is 21.7 Å². The SMILES string of the molecule is CC(=O)[C@@H]1C[C@H](C(=O)NS(=O)(=O)c2ccc3c(c2)CCC3)C1(C)C. The van der Waals surface area contributed by atoms with Crippen molar-refractivity contribution in [1.29, 1.82) is 0 Å². The minimum absolute atomic E-state index is 0.0468. The number of amides is 1. The average Bonchev–Trinajstić information content (AvgIpc) is 2.92. The number of fused-ring (bicyclic) bond motifs is 1. The molecule has 0 aromatic heterocycles. The van der Waals surface area contributed by atoms with Gasteiger partial charge in [-0.3, -0.25) is 9.59 Å². The van der Waals surface area contributed by atoms with Gasteiger partial charge in [0, 0.05) is 11.8 Å². The van der Waals surface area contributed by atoms with Crippen molar-refractivity contribution in [3.8, 4) is 0 Å². The number of benzene rings is 1. The molecule has 2 aliphatic rings. The van der Waals surface area contributed by atoms with Crippen molar-refractivity contribution in [2.24, 2.45) is 17.3 Å². The number of ketones is 1. The number of Topliss-reactive ketones (excluding diaryl/α,β-unsaturated/α-hetero) is 1. The second-order valence-electron chi connectivity index (χ2n) is 7.53. The molecule has 3 rings (SSSR count). The lowest BCUT2D eigenvalue weighted by molar-refractivity contribution is -0.147. The summed E-state index contributed by atoms with van der Waals surface area (Å²) in [6, 6.07) is 5.06. The monoisotopic (exact) mass is 349 g/mol. The third kappa shape index (κ3) is 2.77. The van der Waals surface area contributed by atoms with Gasteiger partial charge in [0.1, 0.15) is 5.78 Å². The van der Waals surface area contributed by atoms with E-state index in [1.807, 2.05) is 19.9 Å². The van der Waals surface area contributed by atoms with E-state index in [4.69, 9.17) is 0 Å². The summed E-state index contributed by atoms with van der Waals surface area (Å²) in [6.07, 6.45) is 3.30. The van der Waals surface area contributed by atoms with E-state index in [1.54, 1.807) is 12.1 Å². The lowest BCUT2D eigenvalue weighted by atomic mass is 9.53. The summed E-state index contributed by atoms with van der Waals surface area (Å²) < 4.78 is 27.2. The number of hydrogen-bond donors (Lipinski definition) is 1. The highest BCUT2D eigenvalue weighted by Gasteiger charge is 2.54. The van der Waals surface area contributed by atoms with E-state index in [0.717, 1.165) is 24.8 Å². The lowest BCUT2D eigenvalue weighted by Crippen LogP contribution is -2.55. The molecule has 0 saturated heterocycles. The molecule has 5 nitrogen and oxygen atoms in total. The van der Waals surface area contributed by atoms with Crippen molar-refractivity contribution < 1.29 is 18.0 Å². The van der Waals surface area contributed by atoms with Gasteiger partial charge in [-0.2, -0.15) is 0 Å². The highest BCUT2D eigenvalue weighted by Crippen LogP contribution is 2.51. The van der Waals surface area contributed by atoms with Gasteiger partial charge in [-0.15, -0.1) is 0 Å². The number of rotatable bonds is 4. The molecular weight excluding hydrogens is 326 g/mol. The van der Waals surface area contributed by atoms with Crippen LogP contribution in [0.2, 0.25) is 0 Å². The van der Waals surface area contributed by atoms with Crippen LogP contribution in [0.4, 0.5) is 0 Å². The van der Waals surface area contributed by atoms with E-state index in [-0.39, 0.29) is 16.6 Å². The van der Waals surface area contributed by atoms with Crippen LogP contribution in [-0.4, -0.2) is 20.1 Å². The molecule has 1 fully saturated rings. The Bertz CT molecular complexity index is 810. The number of carbonyl (C=O) groups is 2. The summed E-state index contributed by atoms with van der Waals surface area (Å²) in [5, 5.41) is 0. The molecular formula is C18H23NO4S. The highest BCUT2D eigenvalue weighted by molar-refractivity contribution is 7.90. The Balaban J connectivity index is 1.76. The fourth-order valence-corrected chi connectivity index (χ4v) is 5.11. The molecule has 1 amide bonds. The molecule has 1 aromatic rings. The summed E-state index contributed by atoms with van der Waals surface area (Å²) >= 11 is 0. The number of hydrogen-bond acceptors (Lipinski definition) is 4. The normalized spacial score (nSPS) is 24.8. The Morgan fingerprint density at radius 2 is 1.79 bits per heavy atom. The van der Waals surface area contributed by atoms with E-state index < -0.39 is 27.3 Å². The molecule has 1 saturated carbocycles. The number of sulfonamides is 1. The van der Waals surface area contributed by atoms with E-state index in [2.05, 4.69) is 4.72 Å². The van der Waals surface area contributed by atoms with Gasteiger partial charge >= 0.3 is 0 Å². The molecule has 0 heterocycles. The van der Waals surface area contributed by atoms with Gasteiger partial charge in [-0.25, -0.2) is 13.1 Å².